The van der Waals surface area contributed by atoms with Gasteiger partial charge in [-0.25, -0.2) is 24.3 Å². The van der Waals surface area contributed by atoms with E-state index in [-0.39, 0.29) is 56.4 Å². The van der Waals surface area contributed by atoms with E-state index in [9.17, 15) is 5.26 Å². The van der Waals surface area contributed by atoms with Gasteiger partial charge >= 0.3 is 123 Å². The molecule has 280 valence electrons. The Morgan fingerprint density at radius 2 is 1.23 bits per heavy atom. The molecule has 3 aromatic heterocycles. The molecule has 0 saturated heterocycles. The molecule has 1 unspecified atom stereocenters. The van der Waals surface area contributed by atoms with Gasteiger partial charge in [0.2, 0.25) is 17.2 Å². The molecule has 18 heteroatoms. The Morgan fingerprint density at radius 3 is 1.85 bits per heavy atom. The summed E-state index contributed by atoms with van der Waals surface area (Å²) in [6.45, 7) is 14.2. The number of halogens is 1. The number of fused-ring (bicyclic) bond motifs is 10. The van der Waals surface area contributed by atoms with Gasteiger partial charge in [0.1, 0.15) is 5.82 Å². The summed E-state index contributed by atoms with van der Waals surface area (Å²) in [4.78, 5) is 25.1. The number of para-hydroxylation sites is 8. The number of hydrogen-bond acceptors (Lipinski definition) is 8. The van der Waals surface area contributed by atoms with Gasteiger partial charge in [-0.05, 0) is 64.7 Å². The molecule has 0 amide bonds. The summed E-state index contributed by atoms with van der Waals surface area (Å²) < 4.78 is 17.6. The average Bonchev–Trinajstić information content (AvgIpc) is 4.05. The average molecular weight is 914 g/mol. The van der Waals surface area contributed by atoms with Gasteiger partial charge in [0.05, 0.1) is 85.9 Å². The minimum atomic E-state index is -3.15. The third-order valence-corrected chi connectivity index (χ3v) is 9.60. The fourth-order valence-corrected chi connectivity index (χ4v) is 6.93. The normalized spacial score (nSPS) is 10.6. The van der Waals surface area contributed by atoms with Crippen LogP contribution in [0.5, 0.6) is 0 Å². The van der Waals surface area contributed by atoms with Crippen molar-refractivity contribution >= 4 is 133 Å². The van der Waals surface area contributed by atoms with Crippen LogP contribution in [0.1, 0.15) is 22.5 Å². The van der Waals surface area contributed by atoms with Gasteiger partial charge in [-0.1, -0.05) is 90.5 Å². The molecule has 13 nitrogen and oxygen atoms in total. The van der Waals surface area contributed by atoms with Crippen LogP contribution in [0.25, 0.3) is 59.9 Å². The zero-order valence-corrected chi connectivity index (χ0v) is 43.9. The van der Waals surface area contributed by atoms with Crippen molar-refractivity contribution in [3.63, 3.8) is 0 Å². The van der Waals surface area contributed by atoms with Gasteiger partial charge in [0.15, 0.2) is 0 Å². The van der Waals surface area contributed by atoms with Crippen molar-refractivity contribution < 1.29 is 70.8 Å². The third-order valence-electron chi connectivity index (χ3n) is 9.08. The van der Waals surface area contributed by atoms with Crippen molar-refractivity contribution in [2.45, 2.75) is 6.42 Å². The minimum Gasteiger partial charge on any atom is -0.296 e. The van der Waals surface area contributed by atoms with Crippen molar-refractivity contribution in [1.29, 1.82) is 10.5 Å². The molecular formula is C43H24ClK3N9O4P. The number of nitrogens with zero attached hydrogens (tertiary/aromatic N) is 9. The van der Waals surface area contributed by atoms with Crippen LogP contribution in [0.4, 0.5) is 11.4 Å². The number of nitriles is 2. The van der Waals surface area contributed by atoms with Crippen LogP contribution in [0, 0.1) is 35.8 Å². The molecular weight excluding hydrogens is 890 g/mol. The molecule has 0 fully saturated rings. The monoisotopic (exact) mass is 913 g/mol. The van der Waals surface area contributed by atoms with Gasteiger partial charge in [-0.3, -0.25) is 13.5 Å². The van der Waals surface area contributed by atoms with Crippen LogP contribution >= 0.6 is 19.9 Å². The topological polar surface area (TPSA) is 169 Å². The molecule has 61 heavy (non-hydrogen) atoms. The Labute approximate surface area is 443 Å². The van der Waals surface area contributed by atoms with Gasteiger partial charge < -0.3 is 10.2 Å². The largest absolute Gasteiger partial charge is 0.296 e. The summed E-state index contributed by atoms with van der Waals surface area (Å²) in [5.41, 5.74) is 10.9. The summed E-state index contributed by atoms with van der Waals surface area (Å²) in [7, 11) is -3.15. The first-order valence-electron chi connectivity index (χ1n) is 18.2. The Bertz CT molecular complexity index is 3170. The molecule has 1 aliphatic rings. The molecule has 0 radical (unpaired) electrons. The zero-order valence-electron chi connectivity index (χ0n) is 32.9. The maximum absolute atomic E-state index is 9.63. The summed E-state index contributed by atoms with van der Waals surface area (Å²) in [6, 6.07) is 46.8. The van der Waals surface area contributed by atoms with Crippen LogP contribution in [0.3, 0.4) is 0 Å². The molecule has 0 saturated carbocycles. The van der Waals surface area contributed by atoms with Gasteiger partial charge in [0, 0.05) is 6.42 Å². The van der Waals surface area contributed by atoms with Crippen molar-refractivity contribution in [2.24, 2.45) is 0 Å². The van der Waals surface area contributed by atoms with Crippen molar-refractivity contribution in [2.75, 3.05) is 0 Å². The maximum atomic E-state index is 9.63. The predicted molar refractivity (Wildman–Crippen MR) is 227 cm³/mol. The van der Waals surface area contributed by atoms with Gasteiger partial charge in [0.25, 0.3) is 0 Å². The van der Waals surface area contributed by atoms with E-state index in [4.69, 9.17) is 49.7 Å². The summed E-state index contributed by atoms with van der Waals surface area (Å²) in [5, 5.41) is 26.9. The third kappa shape index (κ3) is 10.8. The van der Waals surface area contributed by atoms with E-state index >= 15 is 0 Å². The van der Waals surface area contributed by atoms with E-state index in [2.05, 4.69) is 76.9 Å². The van der Waals surface area contributed by atoms with Gasteiger partial charge in [-0.15, -0.1) is 0 Å². The quantitative estimate of drug-likeness (QED) is 0.0761. The fourth-order valence-electron chi connectivity index (χ4n) is 6.72. The minimum absolute atomic E-state index is 0. The van der Waals surface area contributed by atoms with E-state index in [0.717, 1.165) is 39.8 Å². The van der Waals surface area contributed by atoms with Crippen LogP contribution < -0.4 is 61.5 Å². The Kier molecular flexibility index (Phi) is 19.2. The second-order valence-corrected chi connectivity index (χ2v) is 13.2. The zero-order chi connectivity index (χ0) is 42.8. The molecule has 0 aliphatic carbocycles. The Morgan fingerprint density at radius 1 is 0.705 bits per heavy atom. The Balaban J connectivity index is 0.000000172. The van der Waals surface area contributed by atoms with Crippen molar-refractivity contribution in [3.05, 3.63) is 184 Å². The van der Waals surface area contributed by atoms with Crippen LogP contribution in [-0.2, 0) is 15.7 Å². The number of benzene rings is 6. The van der Waals surface area contributed by atoms with Crippen LogP contribution in [-0.4, -0.2) is 86.7 Å². The van der Waals surface area contributed by atoms with Crippen molar-refractivity contribution in [3.8, 4) is 23.5 Å². The predicted octanol–water partition coefficient (Wildman–Crippen LogP) is 5.08. The maximum Gasteiger partial charge on any atom is 0.118 e. The second kappa shape index (κ2) is 23.8. The van der Waals surface area contributed by atoms with Crippen LogP contribution in [0.2, 0.25) is 5.02 Å². The molecule has 6 aromatic carbocycles. The van der Waals surface area contributed by atoms with Gasteiger partial charge in [-0.2, -0.15) is 10.5 Å². The first-order valence-corrected chi connectivity index (χ1v) is 35.6. The smallest absolute Gasteiger partial charge is 0.118 e. The van der Waals surface area contributed by atoms with E-state index in [1.165, 1.54) is 79.9 Å². The standard InChI is InChI=1S/C21H11N5.C14H10N2.C8H3ClN2.3K.HO4P/c1-23-16-9-6-7-14(13-22)20(16)26-19-12-5-4-11-18(19)25-17-10-3-2-8-15(17)24-21(25)26;1-3-7-12-10(5-1)9-14-15-11-6-2-4-8-13(11)16(12)14;1-11-7-4-2-3-6(5-10)8(7)9;;;;1-4-5(2)3/h2-12H;1-8H,9H2;2-4H;;;;1H/q;;;;;+1;/p-1. The number of imidazole rings is 3. The van der Waals surface area contributed by atoms with E-state index in [0.29, 0.717) is 34.0 Å². The fraction of sp³-hybridized carbons (Fsp3) is 0.0233. The first-order chi connectivity index (χ1) is 29.3. The SMILES string of the molecule is O=[P+]([O-])O[O-].[C-]#[N+]c1cccc(C#N)c1-n1c2ccccc2n2c3ccccc3nc12.[C-]#[N+]c1cccc(C#N)c1Cl.[K+].[K][K].c1ccc2c(c1)Cc1nc3ccccc3n1-2. The molecule has 10 rings (SSSR count). The molecule has 0 N–H and O–H groups in total. The second-order valence-electron chi connectivity index (χ2n) is 12.3. The summed E-state index contributed by atoms with van der Waals surface area (Å²) >= 11 is 8.17. The summed E-state index contributed by atoms with van der Waals surface area (Å²) in [5.74, 6) is 1.85. The number of rotatable bonds is 2. The molecule has 9 aromatic rings. The summed E-state index contributed by atoms with van der Waals surface area (Å²) in [6.07, 6.45) is 0.949. The van der Waals surface area contributed by atoms with Crippen molar-refractivity contribution in [1.82, 2.24) is 23.5 Å². The van der Waals surface area contributed by atoms with E-state index in [1.807, 2.05) is 65.2 Å². The van der Waals surface area contributed by atoms with Crippen LogP contribution in [0.15, 0.2) is 133 Å². The first kappa shape index (κ1) is 49.2. The van der Waals surface area contributed by atoms with E-state index < -0.39 is 8.25 Å². The van der Waals surface area contributed by atoms with E-state index in [1.54, 1.807) is 36.4 Å². The molecule has 1 atom stereocenters. The Hall–Kier alpha value is -2.80. The molecule has 0 spiro atoms. The molecule has 0 bridgehead atoms. The number of aromatic nitrogens is 5. The molecule has 1 aliphatic heterocycles. The number of hydrogen-bond donors (Lipinski definition) is 0. The molecule has 4 heterocycles.